The standard InChI is InChI=1S/C18H22N4OS/c1-4-22-18(10-9-16-13(2)19-12-24-16)20-17(21-22)11-14-5-7-15(23-3)8-6-14/h5-8,12H,4,9-11H2,1-3H3. The van der Waals surface area contributed by atoms with Crippen LogP contribution in [0.5, 0.6) is 5.75 Å². The number of nitrogens with zero attached hydrogens (tertiary/aromatic N) is 4. The molecule has 0 fully saturated rings. The number of rotatable bonds is 7. The van der Waals surface area contributed by atoms with Crippen LogP contribution < -0.4 is 4.74 Å². The maximum Gasteiger partial charge on any atom is 0.155 e. The van der Waals surface area contributed by atoms with Crippen LogP contribution in [-0.2, 0) is 25.8 Å². The van der Waals surface area contributed by atoms with E-state index in [1.54, 1.807) is 18.4 Å². The number of aryl methyl sites for hydroxylation is 4. The van der Waals surface area contributed by atoms with E-state index in [4.69, 9.17) is 9.72 Å². The summed E-state index contributed by atoms with van der Waals surface area (Å²) < 4.78 is 7.21. The van der Waals surface area contributed by atoms with Gasteiger partial charge in [0.05, 0.1) is 18.3 Å². The van der Waals surface area contributed by atoms with Crippen molar-refractivity contribution in [1.82, 2.24) is 19.7 Å². The summed E-state index contributed by atoms with van der Waals surface area (Å²) in [5.74, 6) is 2.79. The van der Waals surface area contributed by atoms with Crippen molar-refractivity contribution in [3.8, 4) is 5.75 Å². The first-order chi connectivity index (χ1) is 11.7. The number of hydrogen-bond donors (Lipinski definition) is 0. The van der Waals surface area contributed by atoms with Crippen LogP contribution in [0.15, 0.2) is 29.8 Å². The maximum absolute atomic E-state index is 5.20. The third-order valence-corrected chi connectivity index (χ3v) is 5.03. The predicted octanol–water partition coefficient (Wildman–Crippen LogP) is 3.45. The fourth-order valence-corrected chi connectivity index (χ4v) is 3.44. The summed E-state index contributed by atoms with van der Waals surface area (Å²) in [7, 11) is 1.68. The van der Waals surface area contributed by atoms with Crippen LogP contribution in [-0.4, -0.2) is 26.9 Å². The van der Waals surface area contributed by atoms with Gasteiger partial charge in [-0.1, -0.05) is 12.1 Å². The molecule has 0 aliphatic rings. The molecule has 0 amide bonds. The molecule has 2 aromatic heterocycles. The average Bonchev–Trinajstić information content (AvgIpc) is 3.19. The molecule has 0 saturated heterocycles. The van der Waals surface area contributed by atoms with Crippen LogP contribution in [0.2, 0.25) is 0 Å². The molecule has 5 nitrogen and oxygen atoms in total. The summed E-state index contributed by atoms with van der Waals surface area (Å²) >= 11 is 1.71. The van der Waals surface area contributed by atoms with Gasteiger partial charge in [-0.3, -0.25) is 4.68 Å². The molecule has 24 heavy (non-hydrogen) atoms. The molecule has 0 unspecified atom stereocenters. The summed E-state index contributed by atoms with van der Waals surface area (Å²) in [6, 6.07) is 8.07. The Labute approximate surface area is 146 Å². The quantitative estimate of drug-likeness (QED) is 0.660. The van der Waals surface area contributed by atoms with E-state index in [9.17, 15) is 0 Å². The van der Waals surface area contributed by atoms with E-state index in [2.05, 4.69) is 36.1 Å². The normalized spacial score (nSPS) is 11.0. The minimum Gasteiger partial charge on any atom is -0.497 e. The highest BCUT2D eigenvalue weighted by atomic mass is 32.1. The Balaban J connectivity index is 1.70. The van der Waals surface area contributed by atoms with Gasteiger partial charge in [-0.05, 0) is 38.0 Å². The molecule has 2 heterocycles. The minimum absolute atomic E-state index is 0.740. The highest BCUT2D eigenvalue weighted by Gasteiger charge is 2.11. The van der Waals surface area contributed by atoms with Crippen molar-refractivity contribution in [3.05, 3.63) is 57.6 Å². The summed E-state index contributed by atoms with van der Waals surface area (Å²) in [5, 5.41) is 4.65. The predicted molar refractivity (Wildman–Crippen MR) is 95.8 cm³/mol. The zero-order chi connectivity index (χ0) is 16.9. The lowest BCUT2D eigenvalue weighted by Gasteiger charge is -2.01. The molecule has 6 heteroatoms. The first-order valence-electron chi connectivity index (χ1n) is 8.14. The Morgan fingerprint density at radius 3 is 2.58 bits per heavy atom. The van der Waals surface area contributed by atoms with E-state index >= 15 is 0 Å². The Morgan fingerprint density at radius 2 is 1.96 bits per heavy atom. The molecule has 3 rings (SSSR count). The van der Waals surface area contributed by atoms with Gasteiger partial charge in [0.1, 0.15) is 11.6 Å². The van der Waals surface area contributed by atoms with Crippen molar-refractivity contribution >= 4 is 11.3 Å². The highest BCUT2D eigenvalue weighted by Crippen LogP contribution is 2.16. The van der Waals surface area contributed by atoms with Crippen LogP contribution in [0.1, 0.15) is 34.7 Å². The first-order valence-corrected chi connectivity index (χ1v) is 9.02. The molecule has 0 aliphatic carbocycles. The van der Waals surface area contributed by atoms with Crippen LogP contribution in [0.25, 0.3) is 0 Å². The van der Waals surface area contributed by atoms with Gasteiger partial charge in [0.25, 0.3) is 0 Å². The van der Waals surface area contributed by atoms with Gasteiger partial charge in [0, 0.05) is 24.3 Å². The smallest absolute Gasteiger partial charge is 0.155 e. The van der Waals surface area contributed by atoms with Gasteiger partial charge in [-0.15, -0.1) is 11.3 Å². The van der Waals surface area contributed by atoms with E-state index < -0.39 is 0 Å². The molecule has 1 aromatic carbocycles. The lowest BCUT2D eigenvalue weighted by molar-refractivity contribution is 0.414. The van der Waals surface area contributed by atoms with E-state index in [-0.39, 0.29) is 0 Å². The third-order valence-electron chi connectivity index (χ3n) is 4.03. The Kier molecular flexibility index (Phi) is 5.25. The van der Waals surface area contributed by atoms with Crippen molar-refractivity contribution in [2.24, 2.45) is 0 Å². The van der Waals surface area contributed by atoms with Gasteiger partial charge < -0.3 is 4.74 Å². The SMILES string of the molecule is CCn1nc(Cc2ccc(OC)cc2)nc1CCc1scnc1C. The number of benzene rings is 1. The topological polar surface area (TPSA) is 52.8 Å². The van der Waals surface area contributed by atoms with E-state index in [1.807, 2.05) is 22.3 Å². The van der Waals surface area contributed by atoms with Crippen molar-refractivity contribution in [3.63, 3.8) is 0 Å². The van der Waals surface area contributed by atoms with E-state index in [1.165, 1.54) is 10.4 Å². The van der Waals surface area contributed by atoms with Gasteiger partial charge in [-0.25, -0.2) is 9.97 Å². The highest BCUT2D eigenvalue weighted by molar-refractivity contribution is 7.09. The lowest BCUT2D eigenvalue weighted by atomic mass is 10.1. The van der Waals surface area contributed by atoms with E-state index in [0.29, 0.717) is 0 Å². The second kappa shape index (κ2) is 7.57. The minimum atomic E-state index is 0.740. The Bertz CT molecular complexity index is 792. The number of hydrogen-bond acceptors (Lipinski definition) is 5. The lowest BCUT2D eigenvalue weighted by Crippen LogP contribution is -2.05. The van der Waals surface area contributed by atoms with Gasteiger partial charge in [0.2, 0.25) is 0 Å². The Hall–Kier alpha value is -2.21. The fourth-order valence-electron chi connectivity index (χ4n) is 2.66. The Morgan fingerprint density at radius 1 is 1.17 bits per heavy atom. The van der Waals surface area contributed by atoms with Gasteiger partial charge >= 0.3 is 0 Å². The molecule has 0 aliphatic heterocycles. The van der Waals surface area contributed by atoms with Crippen molar-refractivity contribution in [2.75, 3.05) is 7.11 Å². The summed E-state index contributed by atoms with van der Waals surface area (Å²) in [6.45, 7) is 5.01. The fraction of sp³-hybridized carbons (Fsp3) is 0.389. The number of methoxy groups -OCH3 is 1. The summed E-state index contributed by atoms with van der Waals surface area (Å²) in [4.78, 5) is 10.4. The monoisotopic (exact) mass is 342 g/mol. The molecule has 126 valence electrons. The van der Waals surface area contributed by atoms with Crippen LogP contribution >= 0.6 is 11.3 Å². The second-order valence-electron chi connectivity index (χ2n) is 5.65. The van der Waals surface area contributed by atoms with Crippen LogP contribution in [0, 0.1) is 6.92 Å². The molecule has 3 aromatic rings. The van der Waals surface area contributed by atoms with Crippen molar-refractivity contribution in [1.29, 1.82) is 0 Å². The van der Waals surface area contributed by atoms with Crippen LogP contribution in [0.3, 0.4) is 0 Å². The van der Waals surface area contributed by atoms with Gasteiger partial charge in [-0.2, -0.15) is 5.10 Å². The van der Waals surface area contributed by atoms with Crippen molar-refractivity contribution in [2.45, 2.75) is 39.7 Å². The second-order valence-corrected chi connectivity index (χ2v) is 6.59. The first kappa shape index (κ1) is 16.6. The molecule has 0 bridgehead atoms. The molecule has 0 saturated carbocycles. The zero-order valence-corrected chi connectivity index (χ0v) is 15.1. The maximum atomic E-state index is 5.20. The van der Waals surface area contributed by atoms with Crippen LogP contribution in [0.4, 0.5) is 0 Å². The molecular weight excluding hydrogens is 320 g/mol. The molecule has 0 radical (unpaired) electrons. The largest absolute Gasteiger partial charge is 0.497 e. The third kappa shape index (κ3) is 3.82. The number of aromatic nitrogens is 4. The molecular formula is C18H22N4OS. The molecule has 0 spiro atoms. The van der Waals surface area contributed by atoms with Gasteiger partial charge in [0.15, 0.2) is 5.82 Å². The zero-order valence-electron chi connectivity index (χ0n) is 14.3. The molecule has 0 atom stereocenters. The van der Waals surface area contributed by atoms with Crippen molar-refractivity contribution < 1.29 is 4.74 Å². The summed E-state index contributed by atoms with van der Waals surface area (Å²) in [5.41, 5.74) is 4.22. The number of ether oxygens (including phenoxy) is 1. The number of thiazole rings is 1. The average molecular weight is 342 g/mol. The van der Waals surface area contributed by atoms with E-state index in [0.717, 1.165) is 48.9 Å². The summed E-state index contributed by atoms with van der Waals surface area (Å²) in [6.07, 6.45) is 2.60. The molecule has 0 N–H and O–H groups in total.